The van der Waals surface area contributed by atoms with Gasteiger partial charge in [0, 0.05) is 37.7 Å². The molecule has 1 aromatic rings. The number of amides is 2. The largest absolute Gasteiger partial charge is 0.461 e. The van der Waals surface area contributed by atoms with Crippen molar-refractivity contribution in [3.8, 4) is 0 Å². The number of carbonyl (C=O) groups is 3. The number of nitrogens with one attached hydrogen (secondary N) is 2. The van der Waals surface area contributed by atoms with Gasteiger partial charge in [-0.15, -0.1) is 0 Å². The van der Waals surface area contributed by atoms with Crippen LogP contribution in [0.1, 0.15) is 26.3 Å². The summed E-state index contributed by atoms with van der Waals surface area (Å²) >= 11 is 0. The summed E-state index contributed by atoms with van der Waals surface area (Å²) in [6.07, 6.45) is 0. The molecule has 0 atom stereocenters. The summed E-state index contributed by atoms with van der Waals surface area (Å²) in [5.41, 5.74) is 1.54. The van der Waals surface area contributed by atoms with Crippen LogP contribution >= 0.6 is 0 Å². The third-order valence-electron chi connectivity index (χ3n) is 2.22. The average Bonchev–Trinajstić information content (AvgIpc) is 2.26. The monoisotopic (exact) mass is 264 g/mol. The normalized spacial score (nSPS) is 9.63. The standard InChI is InChI=1S/C13H16N2O4/c1-8(16)14-12-5-4-6-13(15-9(2)17)11(12)7-19-10(3)18/h4-6H,7H2,1-3H3,(H,14,16)(H,15,17). The van der Waals surface area contributed by atoms with Crippen molar-refractivity contribution >= 4 is 29.2 Å². The van der Waals surface area contributed by atoms with E-state index in [1.165, 1.54) is 20.8 Å². The summed E-state index contributed by atoms with van der Waals surface area (Å²) in [4.78, 5) is 33.1. The molecule has 0 bridgehead atoms. The predicted octanol–water partition coefficient (Wildman–Crippen LogP) is 1.67. The van der Waals surface area contributed by atoms with Crippen molar-refractivity contribution in [2.24, 2.45) is 0 Å². The lowest BCUT2D eigenvalue weighted by Crippen LogP contribution is -2.14. The Morgan fingerprint density at radius 3 is 1.84 bits per heavy atom. The van der Waals surface area contributed by atoms with E-state index in [0.717, 1.165) is 0 Å². The van der Waals surface area contributed by atoms with Gasteiger partial charge in [0.05, 0.1) is 0 Å². The number of anilines is 2. The fraction of sp³-hybridized carbons (Fsp3) is 0.308. The second kappa shape index (κ2) is 6.53. The van der Waals surface area contributed by atoms with Gasteiger partial charge in [-0.1, -0.05) is 6.07 Å². The zero-order valence-corrected chi connectivity index (χ0v) is 11.1. The highest BCUT2D eigenvalue weighted by molar-refractivity contribution is 5.94. The number of ether oxygens (including phenoxy) is 1. The predicted molar refractivity (Wildman–Crippen MR) is 70.5 cm³/mol. The summed E-state index contributed by atoms with van der Waals surface area (Å²) in [6.45, 7) is 4.02. The van der Waals surface area contributed by atoms with Crippen LogP contribution in [0.25, 0.3) is 0 Å². The molecule has 1 rings (SSSR count). The van der Waals surface area contributed by atoms with Crippen molar-refractivity contribution < 1.29 is 19.1 Å². The van der Waals surface area contributed by atoms with Crippen LogP contribution in [0.5, 0.6) is 0 Å². The smallest absolute Gasteiger partial charge is 0.302 e. The van der Waals surface area contributed by atoms with Crippen LogP contribution in [0.4, 0.5) is 11.4 Å². The maximum absolute atomic E-state index is 11.1. The Labute approximate surface area is 111 Å². The number of hydrogen-bond acceptors (Lipinski definition) is 4. The summed E-state index contributed by atoms with van der Waals surface area (Å²) in [5.74, 6) is -0.931. The fourth-order valence-corrected chi connectivity index (χ4v) is 1.53. The Morgan fingerprint density at radius 1 is 1.00 bits per heavy atom. The van der Waals surface area contributed by atoms with Crippen LogP contribution in [0, 0.1) is 0 Å². The third kappa shape index (κ3) is 4.79. The van der Waals surface area contributed by atoms with Crippen molar-refractivity contribution in [3.63, 3.8) is 0 Å². The summed E-state index contributed by atoms with van der Waals surface area (Å²) in [7, 11) is 0. The number of rotatable bonds is 4. The van der Waals surface area contributed by atoms with Gasteiger partial charge in [-0.2, -0.15) is 0 Å². The lowest BCUT2D eigenvalue weighted by molar-refractivity contribution is -0.142. The molecule has 0 radical (unpaired) electrons. The maximum atomic E-state index is 11.1. The van der Waals surface area contributed by atoms with Crippen LogP contribution in [-0.4, -0.2) is 17.8 Å². The van der Waals surface area contributed by atoms with E-state index < -0.39 is 5.97 Å². The molecular weight excluding hydrogens is 248 g/mol. The Balaban J connectivity index is 3.10. The van der Waals surface area contributed by atoms with E-state index in [1.54, 1.807) is 18.2 Å². The van der Waals surface area contributed by atoms with Crippen molar-refractivity contribution in [1.29, 1.82) is 0 Å². The third-order valence-corrected chi connectivity index (χ3v) is 2.22. The molecule has 19 heavy (non-hydrogen) atoms. The van der Waals surface area contributed by atoms with Gasteiger partial charge in [0.15, 0.2) is 0 Å². The van der Waals surface area contributed by atoms with Crippen LogP contribution in [0.15, 0.2) is 18.2 Å². The minimum absolute atomic E-state index is 0.0264. The van der Waals surface area contributed by atoms with E-state index in [-0.39, 0.29) is 18.4 Å². The minimum atomic E-state index is -0.439. The van der Waals surface area contributed by atoms with E-state index in [0.29, 0.717) is 16.9 Å². The van der Waals surface area contributed by atoms with Gasteiger partial charge in [0.2, 0.25) is 11.8 Å². The highest BCUT2D eigenvalue weighted by Gasteiger charge is 2.12. The first-order valence-electron chi connectivity index (χ1n) is 5.70. The number of esters is 1. The molecule has 1 aromatic carbocycles. The fourth-order valence-electron chi connectivity index (χ4n) is 1.53. The summed E-state index contributed by atoms with van der Waals surface area (Å²) in [5, 5.41) is 5.26. The summed E-state index contributed by atoms with van der Waals surface area (Å²) < 4.78 is 4.93. The van der Waals surface area contributed by atoms with E-state index in [9.17, 15) is 14.4 Å². The van der Waals surface area contributed by atoms with E-state index >= 15 is 0 Å². The molecule has 2 amide bonds. The topological polar surface area (TPSA) is 84.5 Å². The molecule has 0 heterocycles. The molecule has 6 nitrogen and oxygen atoms in total. The van der Waals surface area contributed by atoms with Crippen LogP contribution in [-0.2, 0) is 25.7 Å². The first-order valence-corrected chi connectivity index (χ1v) is 5.70. The molecular formula is C13H16N2O4. The maximum Gasteiger partial charge on any atom is 0.302 e. The first kappa shape index (κ1) is 14.7. The second-order valence-corrected chi connectivity index (χ2v) is 3.97. The number of hydrogen-bond donors (Lipinski definition) is 2. The number of carbonyl (C=O) groups excluding carboxylic acids is 3. The Bertz CT molecular complexity index is 477. The molecule has 102 valence electrons. The summed E-state index contributed by atoms with van der Waals surface area (Å²) in [6, 6.07) is 5.03. The first-order chi connectivity index (χ1) is 8.90. The van der Waals surface area contributed by atoms with Crippen molar-refractivity contribution in [3.05, 3.63) is 23.8 Å². The Hall–Kier alpha value is -2.37. The molecule has 0 aliphatic carbocycles. The van der Waals surface area contributed by atoms with Gasteiger partial charge in [0.1, 0.15) is 6.61 Å². The van der Waals surface area contributed by atoms with Crippen molar-refractivity contribution in [2.45, 2.75) is 27.4 Å². The van der Waals surface area contributed by atoms with Crippen LogP contribution < -0.4 is 10.6 Å². The van der Waals surface area contributed by atoms with Crippen LogP contribution in [0.3, 0.4) is 0 Å². The molecule has 6 heteroatoms. The Kier molecular flexibility index (Phi) is 5.05. The molecule has 0 fully saturated rings. The second-order valence-electron chi connectivity index (χ2n) is 3.97. The zero-order chi connectivity index (χ0) is 14.4. The van der Waals surface area contributed by atoms with Gasteiger partial charge in [-0.05, 0) is 12.1 Å². The van der Waals surface area contributed by atoms with Gasteiger partial charge in [-0.25, -0.2) is 0 Å². The molecule has 0 spiro atoms. The zero-order valence-electron chi connectivity index (χ0n) is 11.1. The molecule has 0 unspecified atom stereocenters. The quantitative estimate of drug-likeness (QED) is 0.810. The number of benzene rings is 1. The van der Waals surface area contributed by atoms with E-state index in [4.69, 9.17) is 4.74 Å². The molecule has 2 N–H and O–H groups in total. The van der Waals surface area contributed by atoms with Gasteiger partial charge < -0.3 is 15.4 Å². The molecule has 0 saturated carbocycles. The molecule has 0 aliphatic heterocycles. The van der Waals surface area contributed by atoms with Crippen molar-refractivity contribution in [2.75, 3.05) is 10.6 Å². The average molecular weight is 264 g/mol. The molecule has 0 saturated heterocycles. The Morgan fingerprint density at radius 2 is 1.47 bits per heavy atom. The van der Waals surface area contributed by atoms with Crippen molar-refractivity contribution in [1.82, 2.24) is 0 Å². The van der Waals surface area contributed by atoms with Gasteiger partial charge in [0.25, 0.3) is 0 Å². The lowest BCUT2D eigenvalue weighted by atomic mass is 10.1. The van der Waals surface area contributed by atoms with Gasteiger partial charge >= 0.3 is 5.97 Å². The van der Waals surface area contributed by atoms with E-state index in [2.05, 4.69) is 10.6 Å². The minimum Gasteiger partial charge on any atom is -0.461 e. The SMILES string of the molecule is CC(=O)Nc1cccc(NC(C)=O)c1COC(C)=O. The van der Waals surface area contributed by atoms with Gasteiger partial charge in [-0.3, -0.25) is 14.4 Å². The molecule has 0 aliphatic rings. The van der Waals surface area contributed by atoms with Crippen LogP contribution in [0.2, 0.25) is 0 Å². The lowest BCUT2D eigenvalue weighted by Gasteiger charge is -2.15. The highest BCUT2D eigenvalue weighted by atomic mass is 16.5. The highest BCUT2D eigenvalue weighted by Crippen LogP contribution is 2.25. The molecule has 0 aromatic heterocycles. The van der Waals surface area contributed by atoms with E-state index in [1.807, 2.05) is 0 Å².